The molecule has 0 radical (unpaired) electrons. The van der Waals surface area contributed by atoms with E-state index in [2.05, 4.69) is 16.7 Å². The fourth-order valence-electron chi connectivity index (χ4n) is 3.09. The molecule has 4 heteroatoms. The molecule has 2 heterocycles. The summed E-state index contributed by atoms with van der Waals surface area (Å²) in [6, 6.07) is 7.85. The van der Waals surface area contributed by atoms with Gasteiger partial charge in [-0.1, -0.05) is 6.07 Å². The predicted octanol–water partition coefficient (Wildman–Crippen LogP) is 0.809. The summed E-state index contributed by atoms with van der Waals surface area (Å²) in [4.78, 5) is 12.3. The van der Waals surface area contributed by atoms with Crippen LogP contribution in [0.15, 0.2) is 18.2 Å². The molecule has 2 aliphatic heterocycles. The maximum absolute atomic E-state index is 12.3. The zero-order valence-corrected chi connectivity index (χ0v) is 10.1. The molecule has 1 amide bonds. The van der Waals surface area contributed by atoms with Crippen molar-refractivity contribution in [1.29, 1.82) is 5.26 Å². The Balaban J connectivity index is 2.12. The Morgan fingerprint density at radius 3 is 2.78 bits per heavy atom. The monoisotopic (exact) mass is 241 g/mol. The van der Waals surface area contributed by atoms with E-state index in [1.54, 1.807) is 0 Å². The standard InChI is InChI=1S/C14H15N3O/c15-8-10-1-2-12-11(7-10)9-17-13(18)14(12)3-5-16-6-4-14/h1-2,7,16H,3-6,9H2,(H,17,18). The van der Waals surface area contributed by atoms with Crippen LogP contribution in [0.1, 0.15) is 29.5 Å². The molecule has 2 N–H and O–H groups in total. The Labute approximate surface area is 106 Å². The Hall–Kier alpha value is -1.86. The van der Waals surface area contributed by atoms with Gasteiger partial charge in [0, 0.05) is 6.54 Å². The summed E-state index contributed by atoms with van der Waals surface area (Å²) in [7, 11) is 0. The Morgan fingerprint density at radius 1 is 1.28 bits per heavy atom. The number of benzene rings is 1. The molecule has 1 fully saturated rings. The van der Waals surface area contributed by atoms with Crippen LogP contribution in [-0.2, 0) is 16.8 Å². The van der Waals surface area contributed by atoms with Crippen LogP contribution in [0.3, 0.4) is 0 Å². The van der Waals surface area contributed by atoms with E-state index in [1.807, 2.05) is 18.2 Å². The highest BCUT2D eigenvalue weighted by Crippen LogP contribution is 2.38. The fraction of sp³-hybridized carbons (Fsp3) is 0.429. The lowest BCUT2D eigenvalue weighted by Crippen LogP contribution is -2.53. The highest BCUT2D eigenvalue weighted by atomic mass is 16.2. The van der Waals surface area contributed by atoms with E-state index >= 15 is 0 Å². The molecule has 92 valence electrons. The van der Waals surface area contributed by atoms with E-state index in [-0.39, 0.29) is 11.3 Å². The molecule has 1 saturated heterocycles. The van der Waals surface area contributed by atoms with Gasteiger partial charge in [-0.05, 0) is 49.2 Å². The molecule has 0 aliphatic carbocycles. The van der Waals surface area contributed by atoms with Crippen LogP contribution >= 0.6 is 0 Å². The molecule has 4 nitrogen and oxygen atoms in total. The summed E-state index contributed by atoms with van der Waals surface area (Å²) in [5, 5.41) is 15.2. The number of carbonyl (C=O) groups is 1. The molecule has 1 aromatic carbocycles. The van der Waals surface area contributed by atoms with Gasteiger partial charge in [0.15, 0.2) is 0 Å². The SMILES string of the molecule is N#Cc1ccc2c(c1)CNC(=O)C21CCNCC1. The average Bonchev–Trinajstić information content (AvgIpc) is 2.44. The van der Waals surface area contributed by atoms with E-state index < -0.39 is 0 Å². The highest BCUT2D eigenvalue weighted by Gasteiger charge is 2.44. The van der Waals surface area contributed by atoms with Gasteiger partial charge in [-0.25, -0.2) is 0 Å². The largest absolute Gasteiger partial charge is 0.351 e. The summed E-state index contributed by atoms with van der Waals surface area (Å²) in [6.07, 6.45) is 1.66. The van der Waals surface area contributed by atoms with Crippen molar-refractivity contribution in [2.24, 2.45) is 0 Å². The zero-order valence-electron chi connectivity index (χ0n) is 10.1. The molecule has 0 unspecified atom stereocenters. The lowest BCUT2D eigenvalue weighted by Gasteiger charge is -2.41. The number of amides is 1. The van der Waals surface area contributed by atoms with E-state index in [0.29, 0.717) is 12.1 Å². The first kappa shape index (κ1) is 11.2. The molecule has 2 aliphatic rings. The molecule has 0 aromatic heterocycles. The molecule has 0 saturated carbocycles. The summed E-state index contributed by atoms with van der Waals surface area (Å²) >= 11 is 0. The van der Waals surface area contributed by atoms with Gasteiger partial charge in [-0.2, -0.15) is 5.26 Å². The van der Waals surface area contributed by atoms with Crippen molar-refractivity contribution in [1.82, 2.24) is 10.6 Å². The van der Waals surface area contributed by atoms with Crippen molar-refractivity contribution in [3.8, 4) is 6.07 Å². The van der Waals surface area contributed by atoms with Crippen LogP contribution in [0.4, 0.5) is 0 Å². The summed E-state index contributed by atoms with van der Waals surface area (Å²) < 4.78 is 0. The number of fused-ring (bicyclic) bond motifs is 2. The van der Waals surface area contributed by atoms with Crippen molar-refractivity contribution in [3.05, 3.63) is 34.9 Å². The molecule has 1 aromatic rings. The van der Waals surface area contributed by atoms with E-state index in [1.165, 1.54) is 0 Å². The van der Waals surface area contributed by atoms with Gasteiger partial charge in [-0.15, -0.1) is 0 Å². The molecule has 0 atom stereocenters. The maximum atomic E-state index is 12.3. The fourth-order valence-corrected chi connectivity index (χ4v) is 3.09. The van der Waals surface area contributed by atoms with Crippen LogP contribution in [0.25, 0.3) is 0 Å². The van der Waals surface area contributed by atoms with Crippen molar-refractivity contribution >= 4 is 5.91 Å². The third kappa shape index (κ3) is 1.52. The van der Waals surface area contributed by atoms with E-state index in [9.17, 15) is 4.79 Å². The minimum absolute atomic E-state index is 0.140. The number of nitrogens with one attached hydrogen (secondary N) is 2. The highest BCUT2D eigenvalue weighted by molar-refractivity contribution is 5.90. The van der Waals surface area contributed by atoms with Crippen LogP contribution in [0.2, 0.25) is 0 Å². The minimum Gasteiger partial charge on any atom is -0.351 e. The number of hydrogen-bond donors (Lipinski definition) is 2. The minimum atomic E-state index is -0.382. The van der Waals surface area contributed by atoms with Crippen molar-refractivity contribution < 1.29 is 4.79 Å². The molecular formula is C14H15N3O. The normalized spacial score (nSPS) is 20.9. The molecular weight excluding hydrogens is 226 g/mol. The summed E-state index contributed by atoms with van der Waals surface area (Å²) in [6.45, 7) is 2.28. The topological polar surface area (TPSA) is 64.9 Å². The van der Waals surface area contributed by atoms with Gasteiger partial charge in [0.05, 0.1) is 17.0 Å². The van der Waals surface area contributed by atoms with Gasteiger partial charge in [0.2, 0.25) is 5.91 Å². The quantitative estimate of drug-likeness (QED) is 0.706. The van der Waals surface area contributed by atoms with Crippen molar-refractivity contribution in [2.75, 3.05) is 13.1 Å². The second kappa shape index (κ2) is 4.11. The summed E-state index contributed by atoms with van der Waals surface area (Å²) in [5.74, 6) is 0.140. The van der Waals surface area contributed by atoms with Crippen LogP contribution in [0, 0.1) is 11.3 Å². The van der Waals surface area contributed by atoms with Crippen LogP contribution in [0.5, 0.6) is 0 Å². The average molecular weight is 241 g/mol. The van der Waals surface area contributed by atoms with Gasteiger partial charge in [-0.3, -0.25) is 4.79 Å². The Bertz CT molecular complexity index is 538. The first-order valence-corrected chi connectivity index (χ1v) is 6.29. The van der Waals surface area contributed by atoms with Crippen molar-refractivity contribution in [3.63, 3.8) is 0 Å². The van der Waals surface area contributed by atoms with E-state index in [4.69, 9.17) is 5.26 Å². The van der Waals surface area contributed by atoms with Gasteiger partial charge in [0.25, 0.3) is 0 Å². The molecule has 18 heavy (non-hydrogen) atoms. The van der Waals surface area contributed by atoms with Crippen LogP contribution in [-0.4, -0.2) is 19.0 Å². The molecule has 3 rings (SSSR count). The number of nitriles is 1. The van der Waals surface area contributed by atoms with E-state index in [0.717, 1.165) is 37.1 Å². The number of hydrogen-bond acceptors (Lipinski definition) is 3. The van der Waals surface area contributed by atoms with Crippen LogP contribution < -0.4 is 10.6 Å². The van der Waals surface area contributed by atoms with Crippen molar-refractivity contribution in [2.45, 2.75) is 24.8 Å². The Kier molecular flexibility index (Phi) is 2.57. The molecule has 0 bridgehead atoms. The lowest BCUT2D eigenvalue weighted by molar-refractivity contribution is -0.128. The predicted molar refractivity (Wildman–Crippen MR) is 66.8 cm³/mol. The first-order chi connectivity index (χ1) is 8.76. The second-order valence-electron chi connectivity index (χ2n) is 5.00. The number of piperidine rings is 1. The second-order valence-corrected chi connectivity index (χ2v) is 5.00. The zero-order chi connectivity index (χ0) is 12.6. The molecule has 1 spiro atoms. The third-order valence-corrected chi connectivity index (χ3v) is 4.08. The number of carbonyl (C=O) groups excluding carboxylic acids is 1. The number of rotatable bonds is 0. The maximum Gasteiger partial charge on any atom is 0.231 e. The summed E-state index contributed by atoms with van der Waals surface area (Å²) in [5.41, 5.74) is 2.49. The van der Waals surface area contributed by atoms with Gasteiger partial charge in [0.1, 0.15) is 0 Å². The third-order valence-electron chi connectivity index (χ3n) is 4.08. The lowest BCUT2D eigenvalue weighted by atomic mass is 9.69. The Morgan fingerprint density at radius 2 is 2.06 bits per heavy atom. The van der Waals surface area contributed by atoms with Gasteiger partial charge < -0.3 is 10.6 Å². The smallest absolute Gasteiger partial charge is 0.231 e. The number of nitrogens with zero attached hydrogens (tertiary/aromatic N) is 1. The first-order valence-electron chi connectivity index (χ1n) is 6.29. The van der Waals surface area contributed by atoms with Gasteiger partial charge >= 0.3 is 0 Å².